The van der Waals surface area contributed by atoms with Crippen molar-refractivity contribution < 1.29 is 9.53 Å². The van der Waals surface area contributed by atoms with Crippen molar-refractivity contribution in [2.24, 2.45) is 57.7 Å². The predicted molar refractivity (Wildman–Crippen MR) is 122 cm³/mol. The Bertz CT molecular complexity index is 739. The fourth-order valence-electron chi connectivity index (χ4n) is 10.1. The summed E-state index contributed by atoms with van der Waals surface area (Å²) < 4.78 is 6.26. The second-order valence-electron chi connectivity index (χ2n) is 12.7. The average molecular weight is 413 g/mol. The van der Waals surface area contributed by atoms with Crippen molar-refractivity contribution in [3.8, 4) is 0 Å². The first-order valence-corrected chi connectivity index (χ1v) is 12.9. The van der Waals surface area contributed by atoms with Crippen LogP contribution in [0.25, 0.3) is 0 Å². The highest BCUT2D eigenvalue weighted by molar-refractivity contribution is 5.91. The normalized spacial score (nSPS) is 52.6. The molecular formula is C28H44O2. The molecule has 5 rings (SSSR count). The summed E-state index contributed by atoms with van der Waals surface area (Å²) in [5, 5.41) is 0. The van der Waals surface area contributed by atoms with Crippen LogP contribution in [0.5, 0.6) is 0 Å². The molecule has 2 heteroatoms. The van der Waals surface area contributed by atoms with Crippen LogP contribution in [0.15, 0.2) is 12.2 Å². The van der Waals surface area contributed by atoms with Gasteiger partial charge in [0, 0.05) is 18.4 Å². The molecule has 10 atom stereocenters. The van der Waals surface area contributed by atoms with Crippen molar-refractivity contribution in [3.63, 3.8) is 0 Å². The zero-order valence-corrected chi connectivity index (χ0v) is 20.2. The number of fused-ring (bicyclic) bond motifs is 4. The van der Waals surface area contributed by atoms with E-state index < -0.39 is 0 Å². The molecule has 5 aliphatic carbocycles. The highest BCUT2D eigenvalue weighted by Gasteiger charge is 2.77. The standard InChI is InChI=1S/C28H44O2/c1-17(2)24(29)10-7-18(3)21-8-9-22-20-15-25(30-6)28-16-19(28)11-14-27(28,5)23(20)12-13-26(21,22)4/h7,10,17-23,25H,8-9,11-16H2,1-6H3/b10-7+. The molecule has 168 valence electrons. The van der Waals surface area contributed by atoms with Crippen molar-refractivity contribution in [2.75, 3.05) is 7.11 Å². The quantitative estimate of drug-likeness (QED) is 0.470. The number of ether oxygens (including phenoxy) is 1. The number of rotatable bonds is 5. The Kier molecular flexibility index (Phi) is 4.91. The molecule has 0 amide bonds. The highest BCUT2D eigenvalue weighted by atomic mass is 16.5. The molecule has 30 heavy (non-hydrogen) atoms. The number of methoxy groups -OCH3 is 1. The number of carbonyl (C=O) groups is 1. The number of hydrogen-bond acceptors (Lipinski definition) is 2. The second kappa shape index (κ2) is 6.93. The fraction of sp³-hybridized carbons (Fsp3) is 0.893. The number of hydrogen-bond donors (Lipinski definition) is 0. The highest BCUT2D eigenvalue weighted by Crippen LogP contribution is 2.82. The maximum absolute atomic E-state index is 12.2. The van der Waals surface area contributed by atoms with E-state index in [-0.39, 0.29) is 11.7 Å². The van der Waals surface area contributed by atoms with Crippen LogP contribution < -0.4 is 0 Å². The van der Waals surface area contributed by atoms with Crippen molar-refractivity contribution >= 4 is 5.78 Å². The summed E-state index contributed by atoms with van der Waals surface area (Å²) in [6.45, 7) is 11.7. The van der Waals surface area contributed by atoms with E-state index in [2.05, 4.69) is 26.8 Å². The monoisotopic (exact) mass is 412 g/mol. The number of ketones is 1. The van der Waals surface area contributed by atoms with Crippen LogP contribution in [-0.2, 0) is 9.53 Å². The van der Waals surface area contributed by atoms with E-state index in [4.69, 9.17) is 4.74 Å². The van der Waals surface area contributed by atoms with Gasteiger partial charge in [0.05, 0.1) is 6.10 Å². The van der Waals surface area contributed by atoms with Crippen LogP contribution in [0.2, 0.25) is 0 Å². The minimum absolute atomic E-state index is 0.106. The number of allylic oxidation sites excluding steroid dienone is 2. The van der Waals surface area contributed by atoms with Gasteiger partial charge in [-0.25, -0.2) is 0 Å². The van der Waals surface area contributed by atoms with E-state index in [0.29, 0.717) is 28.3 Å². The lowest BCUT2D eigenvalue weighted by Gasteiger charge is -2.61. The van der Waals surface area contributed by atoms with E-state index >= 15 is 0 Å². The van der Waals surface area contributed by atoms with E-state index in [1.54, 1.807) is 0 Å². The average Bonchev–Trinajstić information content (AvgIpc) is 3.22. The van der Waals surface area contributed by atoms with Crippen molar-refractivity contribution in [2.45, 2.75) is 92.1 Å². The van der Waals surface area contributed by atoms with Gasteiger partial charge in [0.25, 0.3) is 0 Å². The summed E-state index contributed by atoms with van der Waals surface area (Å²) >= 11 is 0. The minimum Gasteiger partial charge on any atom is -0.381 e. The van der Waals surface area contributed by atoms with E-state index in [9.17, 15) is 4.79 Å². The minimum atomic E-state index is 0.106. The summed E-state index contributed by atoms with van der Waals surface area (Å²) in [7, 11) is 1.99. The molecule has 10 unspecified atom stereocenters. The lowest BCUT2D eigenvalue weighted by Crippen LogP contribution is -2.57. The topological polar surface area (TPSA) is 26.3 Å². The van der Waals surface area contributed by atoms with Crippen LogP contribution >= 0.6 is 0 Å². The Hall–Kier alpha value is -0.630. The van der Waals surface area contributed by atoms with Gasteiger partial charge in [0.2, 0.25) is 0 Å². The van der Waals surface area contributed by atoms with Gasteiger partial charge in [-0.2, -0.15) is 0 Å². The Labute approximate surface area is 184 Å². The Morgan fingerprint density at radius 2 is 1.80 bits per heavy atom. The van der Waals surface area contributed by atoms with Gasteiger partial charge in [-0.05, 0) is 104 Å². The summed E-state index contributed by atoms with van der Waals surface area (Å²) in [6.07, 6.45) is 15.8. The molecule has 0 saturated heterocycles. The van der Waals surface area contributed by atoms with Gasteiger partial charge in [0.1, 0.15) is 0 Å². The van der Waals surface area contributed by atoms with Crippen molar-refractivity contribution in [1.29, 1.82) is 0 Å². The SMILES string of the molecule is COC1CC2C3CCC(C(C)/C=C/C(=O)C(C)C)C3(C)CCC2C2(C)CCC3CC312. The van der Waals surface area contributed by atoms with Gasteiger partial charge in [-0.1, -0.05) is 40.7 Å². The molecule has 5 fully saturated rings. The molecule has 0 N–H and O–H groups in total. The van der Waals surface area contributed by atoms with E-state index in [1.165, 1.54) is 51.4 Å². The van der Waals surface area contributed by atoms with Crippen molar-refractivity contribution in [3.05, 3.63) is 12.2 Å². The van der Waals surface area contributed by atoms with Crippen LogP contribution in [0.4, 0.5) is 0 Å². The Balaban J connectivity index is 1.39. The summed E-state index contributed by atoms with van der Waals surface area (Å²) in [5.74, 6) is 5.19. The molecule has 0 bridgehead atoms. The smallest absolute Gasteiger partial charge is 0.157 e. The van der Waals surface area contributed by atoms with Crippen LogP contribution in [0.1, 0.15) is 86.0 Å². The lowest BCUT2D eigenvalue weighted by molar-refractivity contribution is -0.160. The largest absolute Gasteiger partial charge is 0.381 e. The first-order chi connectivity index (χ1) is 14.2. The first kappa shape index (κ1) is 21.2. The fourth-order valence-corrected chi connectivity index (χ4v) is 10.1. The molecule has 0 aromatic rings. The molecular weight excluding hydrogens is 368 g/mol. The van der Waals surface area contributed by atoms with Gasteiger partial charge in [-0.3, -0.25) is 4.79 Å². The Morgan fingerprint density at radius 1 is 1.03 bits per heavy atom. The third-order valence-corrected chi connectivity index (χ3v) is 11.7. The molecule has 0 heterocycles. The van der Waals surface area contributed by atoms with Crippen LogP contribution in [0, 0.1) is 57.7 Å². The van der Waals surface area contributed by atoms with Crippen LogP contribution in [-0.4, -0.2) is 19.0 Å². The zero-order valence-electron chi connectivity index (χ0n) is 20.2. The van der Waals surface area contributed by atoms with Crippen LogP contribution in [0.3, 0.4) is 0 Å². The Morgan fingerprint density at radius 3 is 2.47 bits per heavy atom. The molecule has 2 nitrogen and oxygen atoms in total. The molecule has 1 spiro atoms. The summed E-state index contributed by atoms with van der Waals surface area (Å²) in [6, 6.07) is 0. The molecule has 0 aromatic carbocycles. The van der Waals surface area contributed by atoms with Gasteiger partial charge >= 0.3 is 0 Å². The van der Waals surface area contributed by atoms with Gasteiger partial charge in [-0.15, -0.1) is 0 Å². The van der Waals surface area contributed by atoms with Gasteiger partial charge < -0.3 is 4.74 Å². The van der Waals surface area contributed by atoms with Gasteiger partial charge in [0.15, 0.2) is 5.78 Å². The molecule has 0 aliphatic heterocycles. The lowest BCUT2D eigenvalue weighted by atomic mass is 9.45. The maximum atomic E-state index is 12.2. The van der Waals surface area contributed by atoms with E-state index in [1.807, 2.05) is 27.0 Å². The third kappa shape index (κ3) is 2.61. The number of carbonyl (C=O) groups excluding carboxylic acids is 1. The summed E-state index contributed by atoms with van der Waals surface area (Å²) in [5.41, 5.74) is 1.49. The predicted octanol–water partition coefficient (Wildman–Crippen LogP) is 6.69. The molecule has 5 aliphatic rings. The first-order valence-electron chi connectivity index (χ1n) is 12.9. The molecule has 0 radical (unpaired) electrons. The third-order valence-electron chi connectivity index (χ3n) is 11.7. The maximum Gasteiger partial charge on any atom is 0.157 e. The van der Waals surface area contributed by atoms with E-state index in [0.717, 1.165) is 29.6 Å². The summed E-state index contributed by atoms with van der Waals surface area (Å²) in [4.78, 5) is 12.2. The van der Waals surface area contributed by atoms with Crippen molar-refractivity contribution in [1.82, 2.24) is 0 Å². The molecule has 0 aromatic heterocycles. The molecule has 5 saturated carbocycles. The second-order valence-corrected chi connectivity index (χ2v) is 12.7. The zero-order chi connectivity index (χ0) is 21.5.